The molecule has 2 aromatic rings. The Hall–Kier alpha value is -2.49. The number of carbonyl (C=O) groups is 2. The topological polar surface area (TPSA) is 43.4 Å². The number of hydrogen-bond donors (Lipinski definition) is 0. The van der Waals surface area contributed by atoms with E-state index in [1.54, 1.807) is 12.1 Å². The Morgan fingerprint density at radius 3 is 2.12 bits per heavy atom. The van der Waals surface area contributed by atoms with Crippen molar-refractivity contribution in [3.8, 4) is 0 Å². The molecular weight excluding hydrogens is 319 g/mol. The average molecular weight is 340 g/mol. The second kappa shape index (κ2) is 8.06. The van der Waals surface area contributed by atoms with Gasteiger partial charge in [-0.3, -0.25) is 4.79 Å². The Morgan fingerprint density at radius 2 is 1.48 bits per heavy atom. The maximum absolute atomic E-state index is 12.8. The molecule has 0 unspecified atom stereocenters. The quantitative estimate of drug-likeness (QED) is 0.573. The third-order valence-electron chi connectivity index (χ3n) is 4.72. The number of hydrogen-bond acceptors (Lipinski definition) is 3. The molecule has 0 spiro atoms. The van der Waals surface area contributed by atoms with Crippen molar-refractivity contribution in [2.45, 2.75) is 38.0 Å². The number of ketones is 1. The molecular formula is C21H21FO3. The van der Waals surface area contributed by atoms with Gasteiger partial charge in [0.2, 0.25) is 0 Å². The van der Waals surface area contributed by atoms with Gasteiger partial charge in [-0.2, -0.15) is 0 Å². The summed E-state index contributed by atoms with van der Waals surface area (Å²) in [5, 5.41) is 0. The fraction of sp³-hybridized carbons (Fsp3) is 0.333. The van der Waals surface area contributed by atoms with E-state index in [-0.39, 0.29) is 18.0 Å². The lowest BCUT2D eigenvalue weighted by Gasteiger charge is -2.22. The molecule has 25 heavy (non-hydrogen) atoms. The molecule has 2 aromatic carbocycles. The van der Waals surface area contributed by atoms with Crippen molar-refractivity contribution >= 4 is 11.8 Å². The van der Waals surface area contributed by atoms with Crippen LogP contribution in [0.5, 0.6) is 0 Å². The molecule has 0 atom stereocenters. The number of carbonyl (C=O) groups excluding carboxylic acids is 2. The van der Waals surface area contributed by atoms with Gasteiger partial charge in [-0.05, 0) is 48.6 Å². The van der Waals surface area contributed by atoms with Crippen LogP contribution in [0.1, 0.15) is 64.3 Å². The van der Waals surface area contributed by atoms with Crippen molar-refractivity contribution in [2.24, 2.45) is 0 Å². The molecule has 3 nitrogen and oxygen atoms in total. The van der Waals surface area contributed by atoms with Crippen LogP contribution in [0.3, 0.4) is 0 Å². The fourth-order valence-electron chi connectivity index (χ4n) is 3.26. The van der Waals surface area contributed by atoms with Gasteiger partial charge in [0, 0.05) is 5.56 Å². The highest BCUT2D eigenvalue weighted by Gasteiger charge is 2.16. The number of halogens is 1. The van der Waals surface area contributed by atoms with Crippen molar-refractivity contribution in [1.82, 2.24) is 0 Å². The van der Waals surface area contributed by atoms with Gasteiger partial charge in [0.1, 0.15) is 5.82 Å². The maximum Gasteiger partial charge on any atom is 0.338 e. The molecule has 0 saturated heterocycles. The largest absolute Gasteiger partial charge is 0.454 e. The number of esters is 1. The van der Waals surface area contributed by atoms with E-state index in [1.807, 2.05) is 12.1 Å². The SMILES string of the molecule is O=C(COC(=O)c1ccc(F)cc1)c1ccc(C2CCCCC2)cc1. The van der Waals surface area contributed by atoms with Crippen molar-refractivity contribution in [3.05, 3.63) is 71.0 Å². The highest BCUT2D eigenvalue weighted by Crippen LogP contribution is 2.32. The molecule has 0 amide bonds. The van der Waals surface area contributed by atoms with Crippen LogP contribution < -0.4 is 0 Å². The predicted octanol–water partition coefficient (Wildman–Crippen LogP) is 4.91. The third-order valence-corrected chi connectivity index (χ3v) is 4.72. The van der Waals surface area contributed by atoms with Crippen LogP contribution in [0.2, 0.25) is 0 Å². The molecule has 1 saturated carbocycles. The van der Waals surface area contributed by atoms with E-state index in [1.165, 1.54) is 61.9 Å². The minimum Gasteiger partial charge on any atom is -0.454 e. The summed E-state index contributed by atoms with van der Waals surface area (Å²) in [6.45, 7) is -0.320. The van der Waals surface area contributed by atoms with Gasteiger partial charge < -0.3 is 4.74 Å². The first kappa shape index (κ1) is 17.3. The standard InChI is InChI=1S/C21H21FO3/c22-19-12-10-18(11-13-19)21(24)25-14-20(23)17-8-6-16(7-9-17)15-4-2-1-3-5-15/h6-13,15H,1-5,14H2. The number of benzene rings is 2. The van der Waals surface area contributed by atoms with Gasteiger partial charge in [-0.25, -0.2) is 9.18 Å². The molecule has 1 aliphatic rings. The van der Waals surface area contributed by atoms with E-state index in [0.717, 1.165) is 0 Å². The van der Waals surface area contributed by atoms with Crippen LogP contribution in [0.15, 0.2) is 48.5 Å². The van der Waals surface area contributed by atoms with E-state index in [9.17, 15) is 14.0 Å². The zero-order valence-corrected chi connectivity index (χ0v) is 14.0. The fourth-order valence-corrected chi connectivity index (χ4v) is 3.26. The Labute approximate surface area is 146 Å². The zero-order valence-electron chi connectivity index (χ0n) is 14.0. The van der Waals surface area contributed by atoms with Gasteiger partial charge in [-0.1, -0.05) is 43.5 Å². The lowest BCUT2D eigenvalue weighted by molar-refractivity contribution is 0.0474. The molecule has 3 rings (SSSR count). The van der Waals surface area contributed by atoms with Crippen LogP contribution in [0.25, 0.3) is 0 Å². The van der Waals surface area contributed by atoms with E-state index < -0.39 is 11.8 Å². The van der Waals surface area contributed by atoms with Gasteiger partial charge in [-0.15, -0.1) is 0 Å². The first-order chi connectivity index (χ1) is 12.1. The summed E-state index contributed by atoms with van der Waals surface area (Å²) in [6, 6.07) is 12.7. The second-order valence-electron chi connectivity index (χ2n) is 6.46. The van der Waals surface area contributed by atoms with Crippen LogP contribution in [-0.4, -0.2) is 18.4 Å². The van der Waals surface area contributed by atoms with Crippen LogP contribution >= 0.6 is 0 Å². The van der Waals surface area contributed by atoms with Gasteiger partial charge in [0.25, 0.3) is 0 Å². The Balaban J connectivity index is 1.55. The van der Waals surface area contributed by atoms with Crippen molar-refractivity contribution < 1.29 is 18.7 Å². The molecule has 0 aliphatic heterocycles. The summed E-state index contributed by atoms with van der Waals surface area (Å²) in [5.74, 6) is -0.710. The second-order valence-corrected chi connectivity index (χ2v) is 6.46. The first-order valence-corrected chi connectivity index (χ1v) is 8.69. The van der Waals surface area contributed by atoms with Gasteiger partial charge in [0.05, 0.1) is 5.56 Å². The minimum atomic E-state index is -0.632. The molecule has 0 aromatic heterocycles. The van der Waals surface area contributed by atoms with Crippen molar-refractivity contribution in [3.63, 3.8) is 0 Å². The van der Waals surface area contributed by atoms with E-state index >= 15 is 0 Å². The summed E-state index contributed by atoms with van der Waals surface area (Å²) in [7, 11) is 0. The van der Waals surface area contributed by atoms with Crippen molar-refractivity contribution in [1.29, 1.82) is 0 Å². The first-order valence-electron chi connectivity index (χ1n) is 8.69. The van der Waals surface area contributed by atoms with Crippen LogP contribution in [-0.2, 0) is 4.74 Å². The lowest BCUT2D eigenvalue weighted by Crippen LogP contribution is -2.14. The molecule has 130 valence electrons. The Bertz CT molecular complexity index is 729. The van der Waals surface area contributed by atoms with E-state index in [0.29, 0.717) is 11.5 Å². The third kappa shape index (κ3) is 4.53. The highest BCUT2D eigenvalue weighted by molar-refractivity contribution is 5.99. The van der Waals surface area contributed by atoms with E-state index in [4.69, 9.17) is 4.74 Å². The maximum atomic E-state index is 12.8. The summed E-state index contributed by atoms with van der Waals surface area (Å²) in [5.41, 5.74) is 2.04. The zero-order chi connectivity index (χ0) is 17.6. The average Bonchev–Trinajstić information content (AvgIpc) is 2.67. The molecule has 0 bridgehead atoms. The molecule has 0 radical (unpaired) electrons. The van der Waals surface area contributed by atoms with Crippen LogP contribution in [0.4, 0.5) is 4.39 Å². The van der Waals surface area contributed by atoms with Gasteiger partial charge in [0.15, 0.2) is 12.4 Å². The number of Topliss-reactive ketones (excluding diaryl/α,β-unsaturated/α-hetero) is 1. The smallest absolute Gasteiger partial charge is 0.338 e. The molecule has 0 heterocycles. The molecule has 0 N–H and O–H groups in total. The summed E-state index contributed by atoms with van der Waals surface area (Å²) < 4.78 is 17.9. The molecule has 1 fully saturated rings. The molecule has 1 aliphatic carbocycles. The number of rotatable bonds is 5. The normalized spacial score (nSPS) is 14.9. The predicted molar refractivity (Wildman–Crippen MR) is 93.3 cm³/mol. The van der Waals surface area contributed by atoms with Crippen LogP contribution in [0, 0.1) is 5.82 Å². The number of ether oxygens (including phenoxy) is 1. The Kier molecular flexibility index (Phi) is 5.59. The summed E-state index contributed by atoms with van der Waals surface area (Å²) in [6.07, 6.45) is 6.27. The van der Waals surface area contributed by atoms with Gasteiger partial charge >= 0.3 is 5.97 Å². The summed E-state index contributed by atoms with van der Waals surface area (Å²) in [4.78, 5) is 24.0. The monoisotopic (exact) mass is 340 g/mol. The van der Waals surface area contributed by atoms with E-state index in [2.05, 4.69) is 0 Å². The highest BCUT2D eigenvalue weighted by atomic mass is 19.1. The minimum absolute atomic E-state index is 0.224. The summed E-state index contributed by atoms with van der Waals surface area (Å²) >= 11 is 0. The Morgan fingerprint density at radius 1 is 0.880 bits per heavy atom. The lowest BCUT2D eigenvalue weighted by atomic mass is 9.84. The van der Waals surface area contributed by atoms with Crippen molar-refractivity contribution in [2.75, 3.05) is 6.61 Å². The molecule has 4 heteroatoms.